The zero-order valence-corrected chi connectivity index (χ0v) is 28.1. The maximum absolute atomic E-state index is 6.41. The highest BCUT2D eigenvalue weighted by atomic mass is 16.3. The summed E-state index contributed by atoms with van der Waals surface area (Å²) in [6.07, 6.45) is 0. The fourth-order valence-corrected chi connectivity index (χ4v) is 10.8. The van der Waals surface area contributed by atoms with Gasteiger partial charge in [-0.2, -0.15) is 0 Å². The number of furan rings is 1. The topological polar surface area (TPSA) is 18.1 Å². The van der Waals surface area contributed by atoms with Crippen LogP contribution >= 0.6 is 0 Å². The highest BCUT2D eigenvalue weighted by Crippen LogP contribution is 2.57. The van der Waals surface area contributed by atoms with Gasteiger partial charge in [-0.05, 0) is 69.3 Å². The van der Waals surface area contributed by atoms with Gasteiger partial charge < -0.3 is 8.98 Å². The summed E-state index contributed by atoms with van der Waals surface area (Å²) in [7, 11) is 0. The van der Waals surface area contributed by atoms with Crippen LogP contribution in [0.2, 0.25) is 0 Å². The number of hydrogen-bond donors (Lipinski definition) is 0. The third-order valence-corrected chi connectivity index (χ3v) is 12.5. The Balaban J connectivity index is 1.17. The van der Waals surface area contributed by atoms with Crippen molar-refractivity contribution in [2.24, 2.45) is 0 Å². The molecular weight excluding hydrogens is 629 g/mol. The monoisotopic (exact) mass is 657 g/mol. The summed E-state index contributed by atoms with van der Waals surface area (Å²) in [5.74, 6) is 0. The van der Waals surface area contributed by atoms with E-state index in [-0.39, 0.29) is 6.71 Å². The van der Waals surface area contributed by atoms with E-state index in [0.29, 0.717) is 0 Å². The van der Waals surface area contributed by atoms with Crippen molar-refractivity contribution < 1.29 is 4.42 Å². The van der Waals surface area contributed by atoms with E-state index in [1.54, 1.807) is 0 Å². The maximum Gasteiger partial charge on any atom is 0.243 e. The van der Waals surface area contributed by atoms with Crippen molar-refractivity contribution in [3.63, 3.8) is 0 Å². The van der Waals surface area contributed by atoms with Crippen LogP contribution in [0, 0.1) is 0 Å². The van der Waals surface area contributed by atoms with Crippen molar-refractivity contribution >= 4 is 66.8 Å². The normalized spacial score (nSPS) is 14.3. The Labute approximate surface area is 300 Å². The van der Waals surface area contributed by atoms with Gasteiger partial charge >= 0.3 is 0 Å². The molecule has 10 aromatic rings. The van der Waals surface area contributed by atoms with Gasteiger partial charge in [0.15, 0.2) is 0 Å². The van der Waals surface area contributed by atoms with Crippen LogP contribution in [0.15, 0.2) is 174 Å². The van der Waals surface area contributed by atoms with E-state index in [9.17, 15) is 0 Å². The fourth-order valence-electron chi connectivity index (χ4n) is 10.8. The smallest absolute Gasteiger partial charge is 0.243 e. The van der Waals surface area contributed by atoms with Crippen LogP contribution in [-0.2, 0) is 5.41 Å². The van der Waals surface area contributed by atoms with Crippen LogP contribution < -0.4 is 16.4 Å². The SMILES string of the molecule is c1ccc2c(c1)B1c3cccc(-n4c5ccccc5c5c6c(ccc54)oc4ccccc46)c3-c3cccc(c31)C21c2ccccc2-c2ccccc21. The molecule has 0 saturated carbocycles. The van der Waals surface area contributed by atoms with Gasteiger partial charge in [-0.25, -0.2) is 0 Å². The largest absolute Gasteiger partial charge is 0.456 e. The minimum Gasteiger partial charge on any atom is -0.456 e. The molecule has 13 rings (SSSR count). The fraction of sp³-hybridized carbons (Fsp3) is 0.0204. The molecule has 238 valence electrons. The number of hydrogen-bond acceptors (Lipinski definition) is 1. The lowest BCUT2D eigenvalue weighted by Gasteiger charge is -2.42. The highest BCUT2D eigenvalue weighted by Gasteiger charge is 2.54. The van der Waals surface area contributed by atoms with Gasteiger partial charge in [0.2, 0.25) is 6.71 Å². The predicted molar refractivity (Wildman–Crippen MR) is 215 cm³/mol. The first-order valence-corrected chi connectivity index (χ1v) is 18.2. The van der Waals surface area contributed by atoms with Crippen molar-refractivity contribution in [3.8, 4) is 27.9 Å². The van der Waals surface area contributed by atoms with Crippen molar-refractivity contribution in [1.29, 1.82) is 0 Å². The van der Waals surface area contributed by atoms with E-state index in [2.05, 4.69) is 174 Å². The maximum atomic E-state index is 6.41. The van der Waals surface area contributed by atoms with Crippen molar-refractivity contribution in [1.82, 2.24) is 4.57 Å². The Morgan fingerprint density at radius 1 is 0.423 bits per heavy atom. The molecule has 0 N–H and O–H groups in total. The molecule has 0 saturated heterocycles. The standard InChI is InChI=1S/C49H28BNO/c1-5-18-34-29(13-1)30-14-2-6-19-35(30)49(34)36-20-7-8-22-38(36)50-39-23-12-25-41(45(39)33-17-11-21-37(49)48(33)50)51-40-24-9-3-15-31(40)46-42(51)27-28-44-47(46)32-16-4-10-26-43(32)52-44/h1-28H. The lowest BCUT2D eigenvalue weighted by atomic mass is 9.32. The quantitative estimate of drug-likeness (QED) is 0.161. The first-order chi connectivity index (χ1) is 25.8. The van der Waals surface area contributed by atoms with Crippen molar-refractivity contribution in [2.45, 2.75) is 5.41 Å². The average molecular weight is 658 g/mol. The molecule has 3 aliphatic rings. The third kappa shape index (κ3) is 3.00. The highest BCUT2D eigenvalue weighted by molar-refractivity contribution is 7.00. The first kappa shape index (κ1) is 27.2. The summed E-state index contributed by atoms with van der Waals surface area (Å²) >= 11 is 0. The summed E-state index contributed by atoms with van der Waals surface area (Å²) in [6.45, 7) is 0.139. The van der Waals surface area contributed by atoms with Crippen LogP contribution in [-0.4, -0.2) is 11.3 Å². The summed E-state index contributed by atoms with van der Waals surface area (Å²) < 4.78 is 8.93. The van der Waals surface area contributed by atoms with Crippen LogP contribution in [0.3, 0.4) is 0 Å². The summed E-state index contributed by atoms with van der Waals surface area (Å²) in [5.41, 5.74) is 20.2. The first-order valence-electron chi connectivity index (χ1n) is 18.2. The zero-order valence-electron chi connectivity index (χ0n) is 28.1. The Morgan fingerprint density at radius 3 is 1.90 bits per heavy atom. The van der Waals surface area contributed by atoms with Gasteiger partial charge in [0.1, 0.15) is 11.2 Å². The molecule has 2 aliphatic heterocycles. The second kappa shape index (κ2) is 9.40. The van der Waals surface area contributed by atoms with Gasteiger partial charge in [0.05, 0.1) is 22.1 Å². The molecule has 0 fully saturated rings. The molecule has 0 unspecified atom stereocenters. The Bertz CT molecular complexity index is 3170. The molecule has 4 heterocycles. The molecule has 1 spiro atoms. The third-order valence-electron chi connectivity index (χ3n) is 12.5. The van der Waals surface area contributed by atoms with E-state index in [0.717, 1.165) is 16.6 Å². The molecule has 0 radical (unpaired) electrons. The van der Waals surface area contributed by atoms with Crippen LogP contribution in [0.5, 0.6) is 0 Å². The molecular formula is C49H28BNO. The predicted octanol–water partition coefficient (Wildman–Crippen LogP) is 9.86. The lowest BCUT2D eigenvalue weighted by Crippen LogP contribution is -2.59. The molecule has 3 heteroatoms. The number of aromatic nitrogens is 1. The number of rotatable bonds is 1. The molecule has 0 amide bonds. The van der Waals surface area contributed by atoms with E-state index in [1.165, 1.54) is 93.8 Å². The zero-order chi connectivity index (χ0) is 33.7. The van der Waals surface area contributed by atoms with E-state index < -0.39 is 5.41 Å². The summed E-state index contributed by atoms with van der Waals surface area (Å²) in [5, 5.41) is 4.82. The lowest BCUT2D eigenvalue weighted by molar-refractivity contribution is 0.669. The van der Waals surface area contributed by atoms with E-state index in [1.807, 2.05) is 0 Å². The number of benzene rings is 8. The molecule has 1 aliphatic carbocycles. The molecule has 52 heavy (non-hydrogen) atoms. The van der Waals surface area contributed by atoms with Crippen LogP contribution in [0.4, 0.5) is 0 Å². The average Bonchev–Trinajstić information content (AvgIpc) is 3.93. The van der Waals surface area contributed by atoms with Crippen molar-refractivity contribution in [2.75, 3.05) is 0 Å². The number of para-hydroxylation sites is 2. The van der Waals surface area contributed by atoms with Gasteiger partial charge in [0, 0.05) is 27.1 Å². The Morgan fingerprint density at radius 2 is 1.06 bits per heavy atom. The minimum atomic E-state index is -0.394. The van der Waals surface area contributed by atoms with Crippen molar-refractivity contribution in [3.05, 3.63) is 192 Å². The Kier molecular flexibility index (Phi) is 4.91. The number of fused-ring (bicyclic) bond motifs is 19. The van der Waals surface area contributed by atoms with Gasteiger partial charge in [-0.3, -0.25) is 0 Å². The molecule has 2 nitrogen and oxygen atoms in total. The van der Waals surface area contributed by atoms with Crippen LogP contribution in [0.1, 0.15) is 22.3 Å². The second-order valence-corrected chi connectivity index (χ2v) is 14.7. The van der Waals surface area contributed by atoms with E-state index in [4.69, 9.17) is 4.42 Å². The molecule has 0 atom stereocenters. The van der Waals surface area contributed by atoms with Gasteiger partial charge in [-0.1, -0.05) is 156 Å². The van der Waals surface area contributed by atoms with Gasteiger partial charge in [0.25, 0.3) is 0 Å². The summed E-state index contributed by atoms with van der Waals surface area (Å²) in [6, 6.07) is 63.3. The summed E-state index contributed by atoms with van der Waals surface area (Å²) in [4.78, 5) is 0. The molecule has 8 aromatic carbocycles. The second-order valence-electron chi connectivity index (χ2n) is 14.7. The van der Waals surface area contributed by atoms with Crippen LogP contribution in [0.25, 0.3) is 71.7 Å². The van der Waals surface area contributed by atoms with Gasteiger partial charge in [-0.15, -0.1) is 0 Å². The molecule has 0 bridgehead atoms. The minimum absolute atomic E-state index is 0.139. The van der Waals surface area contributed by atoms with E-state index >= 15 is 0 Å². The molecule has 2 aromatic heterocycles. The number of nitrogens with zero attached hydrogens (tertiary/aromatic N) is 1. The Hall–Kier alpha value is -6.58.